The largest absolute Gasteiger partial charge is 0.378 e. The van der Waals surface area contributed by atoms with Crippen LogP contribution in [0.5, 0.6) is 0 Å². The average Bonchev–Trinajstić information content (AvgIpc) is 3.33. The van der Waals surface area contributed by atoms with Crippen molar-refractivity contribution in [2.75, 3.05) is 31.5 Å². The normalized spacial score (nSPS) is 22.9. The second-order valence-electron chi connectivity index (χ2n) is 7.23. The predicted octanol–water partition coefficient (Wildman–Crippen LogP) is 2.37. The van der Waals surface area contributed by atoms with Crippen LogP contribution in [0.2, 0.25) is 0 Å². The van der Waals surface area contributed by atoms with Gasteiger partial charge in [0.1, 0.15) is 11.9 Å². The summed E-state index contributed by atoms with van der Waals surface area (Å²) in [7, 11) is 0. The minimum Gasteiger partial charge on any atom is -0.378 e. The third-order valence-electron chi connectivity index (χ3n) is 5.44. The molecule has 0 aliphatic carbocycles. The van der Waals surface area contributed by atoms with Crippen LogP contribution >= 0.6 is 0 Å². The number of nitriles is 1. The van der Waals surface area contributed by atoms with E-state index in [9.17, 15) is 9.18 Å². The molecule has 2 aromatic rings. The molecule has 140 valence electrons. The summed E-state index contributed by atoms with van der Waals surface area (Å²) in [5.74, 6) is -0.279. The summed E-state index contributed by atoms with van der Waals surface area (Å²) >= 11 is 0. The van der Waals surface area contributed by atoms with E-state index in [4.69, 9.17) is 5.26 Å². The van der Waals surface area contributed by atoms with Crippen LogP contribution in [0.4, 0.5) is 10.1 Å². The number of benzene rings is 1. The van der Waals surface area contributed by atoms with Gasteiger partial charge in [0, 0.05) is 37.3 Å². The summed E-state index contributed by atoms with van der Waals surface area (Å²) < 4.78 is 14.4. The number of amides is 1. The van der Waals surface area contributed by atoms with Gasteiger partial charge in [0.2, 0.25) is 5.91 Å². The lowest BCUT2D eigenvalue weighted by molar-refractivity contribution is -0.132. The molecule has 27 heavy (non-hydrogen) atoms. The first kappa shape index (κ1) is 17.7. The molecule has 0 spiro atoms. The number of halogens is 1. The van der Waals surface area contributed by atoms with E-state index >= 15 is 0 Å². The van der Waals surface area contributed by atoms with Crippen LogP contribution in [0, 0.1) is 17.1 Å². The Kier molecular flexibility index (Phi) is 4.90. The maximum Gasteiger partial charge on any atom is 0.237 e. The number of nitrogens with zero attached hydrogens (tertiary/aromatic N) is 4. The van der Waals surface area contributed by atoms with Crippen molar-refractivity contribution in [2.24, 2.45) is 0 Å². The highest BCUT2D eigenvalue weighted by Crippen LogP contribution is 2.27. The SMILES string of the molecule is N#CC1CCCN1C(=O)CN1CC[C@H](Nc2c(F)ccc3ncccc23)C1. The summed E-state index contributed by atoms with van der Waals surface area (Å²) in [6.45, 7) is 2.43. The Morgan fingerprint density at radius 3 is 3.07 bits per heavy atom. The van der Waals surface area contributed by atoms with Crippen molar-refractivity contribution in [1.29, 1.82) is 5.26 Å². The lowest BCUT2D eigenvalue weighted by Gasteiger charge is -2.23. The second kappa shape index (κ2) is 7.49. The van der Waals surface area contributed by atoms with Gasteiger partial charge in [-0.1, -0.05) is 0 Å². The molecule has 2 aliphatic heterocycles. The van der Waals surface area contributed by atoms with E-state index in [1.54, 1.807) is 23.2 Å². The molecule has 1 amide bonds. The molecule has 0 bridgehead atoms. The van der Waals surface area contributed by atoms with Crippen molar-refractivity contribution in [3.05, 3.63) is 36.3 Å². The van der Waals surface area contributed by atoms with Crippen LogP contribution in [-0.2, 0) is 4.79 Å². The van der Waals surface area contributed by atoms with Gasteiger partial charge in [-0.05, 0) is 43.5 Å². The number of aromatic nitrogens is 1. The van der Waals surface area contributed by atoms with Crippen molar-refractivity contribution < 1.29 is 9.18 Å². The van der Waals surface area contributed by atoms with Crippen LogP contribution in [0.1, 0.15) is 19.3 Å². The molecular weight excluding hydrogens is 345 g/mol. The van der Waals surface area contributed by atoms with E-state index in [2.05, 4.69) is 21.3 Å². The Hall–Kier alpha value is -2.72. The quantitative estimate of drug-likeness (QED) is 0.898. The summed E-state index contributed by atoms with van der Waals surface area (Å²) in [4.78, 5) is 20.6. The molecule has 0 radical (unpaired) electrons. The first-order valence-corrected chi connectivity index (χ1v) is 9.37. The van der Waals surface area contributed by atoms with Gasteiger partial charge >= 0.3 is 0 Å². The predicted molar refractivity (Wildman–Crippen MR) is 101 cm³/mol. The lowest BCUT2D eigenvalue weighted by Crippen LogP contribution is -2.42. The van der Waals surface area contributed by atoms with Gasteiger partial charge in [-0.25, -0.2) is 4.39 Å². The number of carbonyl (C=O) groups is 1. The Balaban J connectivity index is 1.40. The number of carbonyl (C=O) groups excluding carboxylic acids is 1. The Morgan fingerprint density at radius 2 is 2.22 bits per heavy atom. The van der Waals surface area contributed by atoms with Gasteiger partial charge in [-0.15, -0.1) is 0 Å². The number of anilines is 1. The van der Waals surface area contributed by atoms with Crippen LogP contribution in [0.15, 0.2) is 30.5 Å². The van der Waals surface area contributed by atoms with Crippen molar-refractivity contribution in [3.63, 3.8) is 0 Å². The molecule has 0 saturated carbocycles. The zero-order chi connectivity index (χ0) is 18.8. The monoisotopic (exact) mass is 367 g/mol. The van der Waals surface area contributed by atoms with Gasteiger partial charge in [-0.3, -0.25) is 14.7 Å². The highest BCUT2D eigenvalue weighted by atomic mass is 19.1. The summed E-state index contributed by atoms with van der Waals surface area (Å²) in [5.41, 5.74) is 1.23. The fourth-order valence-corrected chi connectivity index (χ4v) is 4.05. The molecular formula is C20H22FN5O. The fraction of sp³-hybridized carbons (Fsp3) is 0.450. The van der Waals surface area contributed by atoms with Crippen LogP contribution in [0.3, 0.4) is 0 Å². The number of nitrogens with one attached hydrogen (secondary N) is 1. The van der Waals surface area contributed by atoms with Crippen molar-refractivity contribution in [2.45, 2.75) is 31.3 Å². The molecule has 6 nitrogen and oxygen atoms in total. The third kappa shape index (κ3) is 3.58. The minimum absolute atomic E-state index is 0.0141. The summed E-state index contributed by atoms with van der Waals surface area (Å²) in [6.07, 6.45) is 4.19. The fourth-order valence-electron chi connectivity index (χ4n) is 4.05. The summed E-state index contributed by atoms with van der Waals surface area (Å²) in [5, 5.41) is 13.2. The van der Waals surface area contributed by atoms with Gasteiger partial charge in [0.25, 0.3) is 0 Å². The van der Waals surface area contributed by atoms with Gasteiger partial charge in [0.15, 0.2) is 0 Å². The number of fused-ring (bicyclic) bond motifs is 1. The van der Waals surface area contributed by atoms with E-state index in [1.807, 2.05) is 6.07 Å². The van der Waals surface area contributed by atoms with E-state index in [0.29, 0.717) is 25.3 Å². The van der Waals surface area contributed by atoms with Crippen LogP contribution in [0.25, 0.3) is 10.9 Å². The molecule has 1 N–H and O–H groups in total. The number of likely N-dealkylation sites (tertiary alicyclic amines) is 2. The number of hydrogen-bond donors (Lipinski definition) is 1. The maximum absolute atomic E-state index is 14.4. The van der Waals surface area contributed by atoms with Crippen LogP contribution < -0.4 is 5.32 Å². The molecule has 2 saturated heterocycles. The highest BCUT2D eigenvalue weighted by Gasteiger charge is 2.31. The molecule has 1 aromatic heterocycles. The first-order valence-electron chi connectivity index (χ1n) is 9.37. The average molecular weight is 367 g/mol. The number of pyridine rings is 1. The van der Waals surface area contributed by atoms with Crippen LogP contribution in [-0.4, -0.2) is 59.0 Å². The maximum atomic E-state index is 14.4. The van der Waals surface area contributed by atoms with Gasteiger partial charge in [-0.2, -0.15) is 5.26 Å². The topological polar surface area (TPSA) is 72.3 Å². The first-order chi connectivity index (χ1) is 13.2. The smallest absolute Gasteiger partial charge is 0.237 e. The lowest BCUT2D eigenvalue weighted by atomic mass is 10.1. The zero-order valence-corrected chi connectivity index (χ0v) is 15.1. The third-order valence-corrected chi connectivity index (χ3v) is 5.44. The second-order valence-corrected chi connectivity index (χ2v) is 7.23. The molecule has 1 unspecified atom stereocenters. The Bertz CT molecular complexity index is 896. The molecule has 2 fully saturated rings. The van der Waals surface area contributed by atoms with E-state index in [-0.39, 0.29) is 23.8 Å². The van der Waals surface area contributed by atoms with Crippen molar-refractivity contribution in [3.8, 4) is 6.07 Å². The van der Waals surface area contributed by atoms with Crippen molar-refractivity contribution >= 4 is 22.5 Å². The molecule has 3 heterocycles. The standard InChI is InChI=1S/C20H22FN5O/c21-17-5-6-18-16(4-1-8-23-18)20(17)24-14-7-10-25(12-14)13-19(27)26-9-2-3-15(26)11-22/h1,4-6,8,14-15,24H,2-3,7,9-10,12-13H2/t14-,15?/m0/s1. The van der Waals surface area contributed by atoms with E-state index < -0.39 is 0 Å². The van der Waals surface area contributed by atoms with E-state index in [0.717, 1.165) is 36.7 Å². The summed E-state index contributed by atoms with van der Waals surface area (Å²) in [6, 6.07) is 8.77. The minimum atomic E-state index is -0.293. The van der Waals surface area contributed by atoms with Gasteiger partial charge in [0.05, 0.1) is 23.8 Å². The molecule has 2 atom stereocenters. The Morgan fingerprint density at radius 1 is 1.33 bits per heavy atom. The van der Waals surface area contributed by atoms with Crippen molar-refractivity contribution in [1.82, 2.24) is 14.8 Å². The molecule has 7 heteroatoms. The number of hydrogen-bond acceptors (Lipinski definition) is 5. The molecule has 1 aromatic carbocycles. The molecule has 2 aliphatic rings. The number of rotatable bonds is 4. The van der Waals surface area contributed by atoms with Gasteiger partial charge < -0.3 is 10.2 Å². The molecule has 4 rings (SSSR count). The van der Waals surface area contributed by atoms with E-state index in [1.165, 1.54) is 6.07 Å². The Labute approximate surface area is 157 Å². The zero-order valence-electron chi connectivity index (χ0n) is 15.1. The highest BCUT2D eigenvalue weighted by molar-refractivity contribution is 5.91.